The molecule has 2 heterocycles. The molecule has 29 heavy (non-hydrogen) atoms. The quantitative estimate of drug-likeness (QED) is 0.701. The van der Waals surface area contributed by atoms with Crippen molar-refractivity contribution in [2.75, 3.05) is 46.9 Å². The molecule has 1 fully saturated rings. The second-order valence-corrected chi connectivity index (χ2v) is 6.97. The number of hydrogen-bond donors (Lipinski definition) is 2. The lowest BCUT2D eigenvalue weighted by Crippen LogP contribution is -2.52. The molecule has 0 aliphatic carbocycles. The lowest BCUT2D eigenvalue weighted by atomic mass is 9.94. The monoisotopic (exact) mass is 402 g/mol. The molecule has 0 aromatic heterocycles. The molecular formula is C20H26N4O5. The van der Waals surface area contributed by atoms with E-state index >= 15 is 0 Å². The van der Waals surface area contributed by atoms with E-state index in [0.717, 1.165) is 5.56 Å². The second kappa shape index (κ2) is 8.95. The van der Waals surface area contributed by atoms with Crippen LogP contribution >= 0.6 is 0 Å². The Morgan fingerprint density at radius 3 is 2.52 bits per heavy atom. The average Bonchev–Trinajstić information content (AvgIpc) is 2.73. The van der Waals surface area contributed by atoms with Gasteiger partial charge in [0.1, 0.15) is 5.75 Å². The number of nitrogens with one attached hydrogen (secondary N) is 2. The summed E-state index contributed by atoms with van der Waals surface area (Å²) in [4.78, 5) is 40.4. The molecule has 9 nitrogen and oxygen atoms in total. The van der Waals surface area contributed by atoms with Crippen LogP contribution in [0.2, 0.25) is 0 Å². The number of carbonyl (C=O) groups excluding carboxylic acids is 3. The van der Waals surface area contributed by atoms with Gasteiger partial charge in [0.2, 0.25) is 5.91 Å². The molecule has 3 rings (SSSR count). The number of nitrogens with zero attached hydrogens (tertiary/aromatic N) is 2. The molecule has 9 heteroatoms. The van der Waals surface area contributed by atoms with Crippen LogP contribution in [0, 0.1) is 0 Å². The van der Waals surface area contributed by atoms with Gasteiger partial charge in [-0.15, -0.1) is 0 Å². The smallest absolute Gasteiger partial charge is 0.338 e. The molecular weight excluding hydrogens is 376 g/mol. The third-order valence-corrected chi connectivity index (χ3v) is 5.19. The van der Waals surface area contributed by atoms with Gasteiger partial charge in [-0.3, -0.25) is 9.69 Å². The topological polar surface area (TPSA) is 100 Å². The van der Waals surface area contributed by atoms with Gasteiger partial charge >= 0.3 is 12.0 Å². The van der Waals surface area contributed by atoms with Crippen LogP contribution in [-0.2, 0) is 14.3 Å². The molecule has 0 spiro atoms. The number of benzene rings is 1. The predicted molar refractivity (Wildman–Crippen MR) is 105 cm³/mol. The van der Waals surface area contributed by atoms with Crippen molar-refractivity contribution in [3.63, 3.8) is 0 Å². The summed E-state index contributed by atoms with van der Waals surface area (Å²) in [7, 11) is 2.88. The molecule has 0 bridgehead atoms. The van der Waals surface area contributed by atoms with E-state index in [4.69, 9.17) is 9.47 Å². The maximum Gasteiger partial charge on any atom is 0.338 e. The maximum absolute atomic E-state index is 12.6. The Hall–Kier alpha value is -3.07. The highest BCUT2D eigenvalue weighted by atomic mass is 16.5. The highest BCUT2D eigenvalue weighted by Gasteiger charge is 2.34. The minimum absolute atomic E-state index is 0.0485. The minimum Gasteiger partial charge on any atom is -0.497 e. The zero-order valence-corrected chi connectivity index (χ0v) is 16.9. The van der Waals surface area contributed by atoms with Crippen molar-refractivity contribution in [3.05, 3.63) is 41.1 Å². The number of urea groups is 1. The van der Waals surface area contributed by atoms with E-state index in [1.807, 2.05) is 6.07 Å². The fraction of sp³-hybridized carbons (Fsp3) is 0.450. The first kappa shape index (κ1) is 20.7. The van der Waals surface area contributed by atoms with Gasteiger partial charge in [0.05, 0.1) is 25.8 Å². The number of piperazine rings is 1. The third kappa shape index (κ3) is 4.68. The van der Waals surface area contributed by atoms with Crippen molar-refractivity contribution in [1.82, 2.24) is 20.4 Å². The van der Waals surface area contributed by atoms with E-state index in [1.165, 1.54) is 7.11 Å². The molecule has 0 radical (unpaired) electrons. The average molecular weight is 402 g/mol. The van der Waals surface area contributed by atoms with E-state index in [-0.39, 0.29) is 11.9 Å². The van der Waals surface area contributed by atoms with Gasteiger partial charge in [-0.05, 0) is 17.7 Å². The number of methoxy groups -OCH3 is 2. The molecule has 1 atom stereocenters. The van der Waals surface area contributed by atoms with Gasteiger partial charge in [-0.25, -0.2) is 9.59 Å². The number of esters is 1. The summed E-state index contributed by atoms with van der Waals surface area (Å²) in [6, 6.07) is 6.16. The molecule has 2 aliphatic heterocycles. The summed E-state index contributed by atoms with van der Waals surface area (Å²) in [5.41, 5.74) is 1.58. The standard InChI is InChI=1S/C20H26N4O5/c1-13(25)24-9-7-23(8-10-24)12-16-17(19(26)29-3)18(22-20(27)21-16)14-5-4-6-15(11-14)28-2/h4-6,11,18H,7-10,12H2,1-3H3,(H2,21,22,27). The van der Waals surface area contributed by atoms with Gasteiger partial charge in [0.25, 0.3) is 0 Å². The van der Waals surface area contributed by atoms with Crippen LogP contribution in [0.5, 0.6) is 5.75 Å². The molecule has 2 N–H and O–H groups in total. The normalized spacial score (nSPS) is 20.0. The minimum atomic E-state index is -0.653. The summed E-state index contributed by atoms with van der Waals surface area (Å²) in [5, 5.41) is 5.57. The predicted octanol–water partition coefficient (Wildman–Crippen LogP) is 0.640. The van der Waals surface area contributed by atoms with Gasteiger partial charge in [0.15, 0.2) is 0 Å². The second-order valence-electron chi connectivity index (χ2n) is 6.97. The third-order valence-electron chi connectivity index (χ3n) is 5.19. The van der Waals surface area contributed by atoms with Crippen molar-refractivity contribution >= 4 is 17.9 Å². The Bertz CT molecular complexity index is 830. The maximum atomic E-state index is 12.6. The highest BCUT2D eigenvalue weighted by Crippen LogP contribution is 2.30. The molecule has 1 saturated heterocycles. The molecule has 3 amide bonds. The van der Waals surface area contributed by atoms with E-state index in [1.54, 1.807) is 37.1 Å². The molecule has 0 saturated carbocycles. The lowest BCUT2D eigenvalue weighted by molar-refractivity contribution is -0.136. The van der Waals surface area contributed by atoms with E-state index in [2.05, 4.69) is 15.5 Å². The van der Waals surface area contributed by atoms with E-state index in [0.29, 0.717) is 49.7 Å². The summed E-state index contributed by atoms with van der Waals surface area (Å²) in [6.45, 7) is 4.47. The lowest BCUT2D eigenvalue weighted by Gasteiger charge is -2.36. The van der Waals surface area contributed by atoms with Crippen LogP contribution < -0.4 is 15.4 Å². The first-order chi connectivity index (χ1) is 13.9. The number of ether oxygens (including phenoxy) is 2. The Morgan fingerprint density at radius 2 is 1.90 bits per heavy atom. The van der Waals surface area contributed by atoms with Gasteiger partial charge in [-0.2, -0.15) is 0 Å². The van der Waals surface area contributed by atoms with Gasteiger partial charge in [-0.1, -0.05) is 12.1 Å². The number of hydrogen-bond acceptors (Lipinski definition) is 6. The SMILES string of the molecule is COC(=O)C1=C(CN2CCN(C(C)=O)CC2)NC(=O)NC1c1cccc(OC)c1. The van der Waals surface area contributed by atoms with Crippen molar-refractivity contribution in [1.29, 1.82) is 0 Å². The molecule has 156 valence electrons. The van der Waals surface area contributed by atoms with Crippen molar-refractivity contribution in [3.8, 4) is 5.75 Å². The van der Waals surface area contributed by atoms with Crippen molar-refractivity contribution in [2.24, 2.45) is 0 Å². The first-order valence-electron chi connectivity index (χ1n) is 9.43. The zero-order chi connectivity index (χ0) is 21.0. The summed E-state index contributed by atoms with van der Waals surface area (Å²) < 4.78 is 10.3. The van der Waals surface area contributed by atoms with E-state index < -0.39 is 12.0 Å². The van der Waals surface area contributed by atoms with Crippen LogP contribution in [0.4, 0.5) is 4.79 Å². The van der Waals surface area contributed by atoms with Gasteiger partial charge in [0, 0.05) is 45.3 Å². The van der Waals surface area contributed by atoms with Crippen LogP contribution in [-0.4, -0.2) is 74.7 Å². The highest BCUT2D eigenvalue weighted by molar-refractivity contribution is 5.95. The molecule has 2 aliphatic rings. The Morgan fingerprint density at radius 1 is 1.17 bits per heavy atom. The fourth-order valence-corrected chi connectivity index (χ4v) is 3.61. The summed E-state index contributed by atoms with van der Waals surface area (Å²) >= 11 is 0. The van der Waals surface area contributed by atoms with Crippen molar-refractivity contribution in [2.45, 2.75) is 13.0 Å². The Kier molecular flexibility index (Phi) is 6.38. The molecule has 1 aromatic rings. The Labute approximate surface area is 169 Å². The largest absolute Gasteiger partial charge is 0.497 e. The van der Waals surface area contributed by atoms with Crippen LogP contribution in [0.1, 0.15) is 18.5 Å². The van der Waals surface area contributed by atoms with Crippen LogP contribution in [0.25, 0.3) is 0 Å². The van der Waals surface area contributed by atoms with Crippen molar-refractivity contribution < 1.29 is 23.9 Å². The zero-order valence-electron chi connectivity index (χ0n) is 16.9. The summed E-state index contributed by atoms with van der Waals surface area (Å²) in [6.07, 6.45) is 0. The number of carbonyl (C=O) groups is 3. The van der Waals surface area contributed by atoms with Crippen LogP contribution in [0.3, 0.4) is 0 Å². The number of amides is 3. The van der Waals surface area contributed by atoms with E-state index in [9.17, 15) is 14.4 Å². The van der Waals surface area contributed by atoms with Crippen LogP contribution in [0.15, 0.2) is 35.5 Å². The number of rotatable bonds is 5. The Balaban J connectivity index is 1.90. The van der Waals surface area contributed by atoms with Gasteiger partial charge < -0.3 is 25.0 Å². The molecule has 1 aromatic carbocycles. The molecule has 1 unspecified atom stereocenters. The first-order valence-corrected chi connectivity index (χ1v) is 9.43. The summed E-state index contributed by atoms with van der Waals surface area (Å²) in [5.74, 6) is 0.163. The fourth-order valence-electron chi connectivity index (χ4n) is 3.61.